The second-order valence-corrected chi connectivity index (χ2v) is 25.5. The maximum absolute atomic E-state index is 5.15. The average Bonchev–Trinajstić information content (AvgIpc) is 1.28. The van der Waals surface area contributed by atoms with Gasteiger partial charge in [0.1, 0.15) is 0 Å². The molecule has 105 heavy (non-hydrogen) atoms. The molecular weight excluding hydrogens is 1490 g/mol. The van der Waals surface area contributed by atoms with Gasteiger partial charge in [-0.15, -0.1) is 0 Å². The number of rotatable bonds is 15. The fourth-order valence-corrected chi connectivity index (χ4v) is 9.39. The Morgan fingerprint density at radius 2 is 0.419 bits per heavy atom. The van der Waals surface area contributed by atoms with E-state index >= 15 is 0 Å². The van der Waals surface area contributed by atoms with Gasteiger partial charge >= 0.3 is 0 Å². The molecule has 0 aliphatic carbocycles. The van der Waals surface area contributed by atoms with E-state index in [9.17, 15) is 0 Å². The molecule has 9 nitrogen and oxygen atoms in total. The Balaban J connectivity index is -0.0000000898. The van der Waals surface area contributed by atoms with E-state index < -0.39 is 0 Å². The second kappa shape index (κ2) is 96.0. The highest BCUT2D eigenvalue weighted by molar-refractivity contribution is 9.11. The summed E-state index contributed by atoms with van der Waals surface area (Å²) >= 11 is 10.0. The van der Waals surface area contributed by atoms with Gasteiger partial charge in [0.25, 0.3) is 0 Å². The van der Waals surface area contributed by atoms with E-state index in [1.807, 2.05) is 77.9 Å². The molecule has 9 rings (SSSR count). The largest absolute Gasteiger partial charge is 0.379 e. The van der Waals surface area contributed by atoms with Crippen molar-refractivity contribution >= 4 is 64.9 Å². The van der Waals surface area contributed by atoms with Crippen molar-refractivity contribution in [3.63, 3.8) is 0 Å². The first-order chi connectivity index (χ1) is 47.6. The van der Waals surface area contributed by atoms with Crippen LogP contribution in [0.3, 0.4) is 0 Å². The lowest BCUT2D eigenvalue weighted by molar-refractivity contribution is 0.125. The van der Waals surface area contributed by atoms with Crippen molar-refractivity contribution in [2.45, 2.75) is 288 Å². The topological polar surface area (TPSA) is 73.5 Å². The van der Waals surface area contributed by atoms with Crippen molar-refractivity contribution in [3.8, 4) is 0 Å². The molecule has 3 heterocycles. The molecule has 0 saturated carbocycles. The van der Waals surface area contributed by atoms with Crippen LogP contribution in [0.15, 0.2) is 159 Å². The number of hydrogen-bond donors (Lipinski definition) is 3. The van der Waals surface area contributed by atoms with E-state index in [4.69, 9.17) is 14.2 Å². The van der Waals surface area contributed by atoms with Gasteiger partial charge in [0.2, 0.25) is 0 Å². The third-order valence-corrected chi connectivity index (χ3v) is 16.1. The fraction of sp³-hybridized carbons (Fsp3) is 0.613. The number of hydrogen-bond acceptors (Lipinski definition) is 9. The van der Waals surface area contributed by atoms with Gasteiger partial charge < -0.3 is 44.9 Å². The highest BCUT2D eigenvalue weighted by Crippen LogP contribution is 2.18. The van der Waals surface area contributed by atoms with E-state index in [0.29, 0.717) is 18.3 Å². The number of benzene rings is 6. The highest BCUT2D eigenvalue weighted by atomic mass is 79.9. The molecule has 0 radical (unpaired) electrons. The summed E-state index contributed by atoms with van der Waals surface area (Å²) < 4.78 is 18.9. The molecule has 0 bridgehead atoms. The van der Waals surface area contributed by atoms with Gasteiger partial charge in [-0.1, -0.05) is 282 Å². The average molecular weight is 1670 g/mol. The zero-order valence-corrected chi connectivity index (χ0v) is 73.4. The molecule has 618 valence electrons. The van der Waals surface area contributed by atoms with Gasteiger partial charge in [0, 0.05) is 89.6 Å². The van der Waals surface area contributed by atoms with Crippen molar-refractivity contribution in [1.82, 2.24) is 16.0 Å². The minimum atomic E-state index is 0. The van der Waals surface area contributed by atoms with Crippen molar-refractivity contribution in [1.29, 1.82) is 0 Å². The van der Waals surface area contributed by atoms with Crippen molar-refractivity contribution in [3.05, 3.63) is 192 Å². The minimum Gasteiger partial charge on any atom is -0.379 e. The Kier molecular flexibility index (Phi) is 117. The highest BCUT2D eigenvalue weighted by Gasteiger charge is 2.09. The molecule has 3 atom stereocenters. The molecule has 3 fully saturated rings. The van der Waals surface area contributed by atoms with Crippen LogP contribution < -0.4 is 30.7 Å². The van der Waals surface area contributed by atoms with Crippen LogP contribution >= 0.6 is 47.8 Å². The van der Waals surface area contributed by atoms with Gasteiger partial charge in [-0.3, -0.25) is 0 Å². The van der Waals surface area contributed by atoms with Crippen LogP contribution in [0.5, 0.6) is 0 Å². The van der Waals surface area contributed by atoms with E-state index in [0.717, 1.165) is 112 Å². The number of aryl methyl sites for hydroxylation is 6. The number of ether oxygens (including phenoxy) is 3. The van der Waals surface area contributed by atoms with Crippen LogP contribution in [0.1, 0.15) is 262 Å². The Morgan fingerprint density at radius 1 is 0.276 bits per heavy atom. The van der Waals surface area contributed by atoms with Gasteiger partial charge in [0.05, 0.1) is 18.3 Å². The maximum atomic E-state index is 5.15. The van der Waals surface area contributed by atoms with Crippen LogP contribution in [0.4, 0.5) is 17.1 Å². The fourth-order valence-electron chi connectivity index (χ4n) is 8.60. The standard InChI is InChI=1S/3C11H17N.3C7H7Br.3C5H10O.3C4H11N.3C2H6.6CH4/c3*1-4-12(5-2)11-8-6-10(3)7-9-11;3*1-6-2-4-7(8)5-3-6;3*1-5-3-2-4-6-5;3*1-3-5-4-2;3*1-2;;;;;;/h3*6-9H,4-5H2,1-3H3;3*2-5H,1H3;3*5H,2-4H2,1H3;3*5H,3-4H2,1-2H3;3*1-2H3;6*1H4. The zero-order chi connectivity index (χ0) is 76.5. The molecule has 6 aromatic carbocycles. The summed E-state index contributed by atoms with van der Waals surface area (Å²) in [5.41, 5.74) is 11.8. The molecule has 0 spiro atoms. The summed E-state index contributed by atoms with van der Waals surface area (Å²) in [4.78, 5) is 7.04. The SMILES string of the molecule is C.C.C.C.C.C.CC.CC.CC.CC1CCCO1.CC1CCCO1.CC1CCCO1.CCN(CC)c1ccc(C)cc1.CCN(CC)c1ccc(C)cc1.CCN(CC)c1ccc(C)cc1.CCNCC.CCNCC.CCNCC.Cc1ccc(Br)cc1.Cc1ccc(Br)cc1.Cc1ccc(Br)cc1. The number of anilines is 3. The molecule has 6 aromatic rings. The molecule has 3 aliphatic rings. The van der Waals surface area contributed by atoms with E-state index in [2.05, 4.69) is 333 Å². The molecule has 3 unspecified atom stereocenters. The number of nitrogens with zero attached hydrogens (tertiary/aromatic N) is 3. The van der Waals surface area contributed by atoms with Crippen molar-refractivity contribution in [2.24, 2.45) is 0 Å². The smallest absolute Gasteiger partial charge is 0.0547 e. The Labute approximate surface area is 683 Å². The Hall–Kier alpha value is -4.08. The third-order valence-electron chi connectivity index (χ3n) is 14.5. The quantitative estimate of drug-likeness (QED) is 0.0932. The molecule has 0 amide bonds. The third kappa shape index (κ3) is 83.8. The first-order valence-electron chi connectivity index (χ1n) is 38.2. The van der Waals surface area contributed by atoms with Crippen LogP contribution in [-0.4, -0.2) is 117 Å². The van der Waals surface area contributed by atoms with Crippen LogP contribution in [0.25, 0.3) is 0 Å². The van der Waals surface area contributed by atoms with E-state index in [1.165, 1.54) is 89.0 Å². The van der Waals surface area contributed by atoms with Crippen LogP contribution in [-0.2, 0) is 14.2 Å². The first kappa shape index (κ1) is 127. The summed E-state index contributed by atoms with van der Waals surface area (Å²) in [5.74, 6) is 0. The molecule has 0 aromatic heterocycles. The van der Waals surface area contributed by atoms with Crippen LogP contribution in [0, 0.1) is 41.5 Å². The predicted octanol–water partition coefficient (Wildman–Crippen LogP) is 29.1. The second-order valence-electron chi connectivity index (χ2n) is 22.8. The lowest BCUT2D eigenvalue weighted by Crippen LogP contribution is -2.21. The molecule has 3 aliphatic heterocycles. The summed E-state index contributed by atoms with van der Waals surface area (Å²) in [6.45, 7) is 72.7. The summed E-state index contributed by atoms with van der Waals surface area (Å²) in [5, 5.41) is 9.33. The van der Waals surface area contributed by atoms with Gasteiger partial charge in [0.15, 0.2) is 0 Å². The molecule has 3 N–H and O–H groups in total. The Bertz CT molecular complexity index is 2110. The molecule has 3 saturated heterocycles. The zero-order valence-electron chi connectivity index (χ0n) is 68.6. The van der Waals surface area contributed by atoms with Crippen molar-refractivity contribution in [2.75, 3.05) is 113 Å². The lowest BCUT2D eigenvalue weighted by Gasteiger charge is -2.20. The minimum absolute atomic E-state index is 0. The van der Waals surface area contributed by atoms with Crippen LogP contribution in [0.2, 0.25) is 0 Å². The number of nitrogens with one attached hydrogen (secondary N) is 3. The first-order valence-corrected chi connectivity index (χ1v) is 40.6. The Morgan fingerprint density at radius 3 is 0.495 bits per heavy atom. The van der Waals surface area contributed by atoms with Crippen molar-refractivity contribution < 1.29 is 14.2 Å². The monoisotopic (exact) mass is 1660 g/mol. The summed E-state index contributed by atoms with van der Waals surface area (Å²) in [6.07, 6.45) is 9.23. The van der Waals surface area contributed by atoms with Gasteiger partial charge in [-0.25, -0.2) is 0 Å². The number of halogens is 3. The molecule has 12 heteroatoms. The summed E-state index contributed by atoms with van der Waals surface area (Å²) in [7, 11) is 0. The van der Waals surface area contributed by atoms with Gasteiger partial charge in [-0.2, -0.15) is 0 Å². The lowest BCUT2D eigenvalue weighted by atomic mass is 10.2. The molecular formula is C93H177Br3N6O3. The normalized spacial score (nSPS) is 12.8. The van der Waals surface area contributed by atoms with E-state index in [1.54, 1.807) is 0 Å². The summed E-state index contributed by atoms with van der Waals surface area (Å²) in [6, 6.07) is 50.7. The predicted molar refractivity (Wildman–Crippen MR) is 502 cm³/mol. The maximum Gasteiger partial charge on any atom is 0.0547 e. The van der Waals surface area contributed by atoms with Gasteiger partial charge in [-0.05, 0) is 254 Å². The van der Waals surface area contributed by atoms with E-state index in [-0.39, 0.29) is 44.6 Å².